The van der Waals surface area contributed by atoms with Gasteiger partial charge in [-0.25, -0.2) is 5.01 Å². The molecule has 3 heteroatoms. The summed E-state index contributed by atoms with van der Waals surface area (Å²) in [6.07, 6.45) is 2.03. The van der Waals surface area contributed by atoms with E-state index in [1.54, 1.807) is 0 Å². The highest BCUT2D eigenvalue weighted by molar-refractivity contribution is 6.36. The zero-order valence-electron chi connectivity index (χ0n) is 21.3. The second kappa shape index (κ2) is 9.38. The van der Waals surface area contributed by atoms with Gasteiger partial charge in [-0.2, -0.15) is 5.10 Å². The number of anilines is 1. The summed E-state index contributed by atoms with van der Waals surface area (Å²) in [5.74, 6) is -0.267. The van der Waals surface area contributed by atoms with E-state index in [1.165, 1.54) is 0 Å². The molecule has 3 nitrogen and oxygen atoms in total. The lowest BCUT2D eigenvalue weighted by Gasteiger charge is -2.38. The van der Waals surface area contributed by atoms with Crippen molar-refractivity contribution >= 4 is 28.8 Å². The van der Waals surface area contributed by atoms with Crippen LogP contribution in [-0.4, -0.2) is 11.5 Å². The normalized spacial score (nSPS) is 20.9. The maximum atomic E-state index is 15.2. The Hall–Kier alpha value is -5.02. The third-order valence-corrected chi connectivity index (χ3v) is 7.77. The minimum absolute atomic E-state index is 0.0555. The van der Waals surface area contributed by atoms with Crippen molar-refractivity contribution in [2.45, 2.75) is 11.5 Å². The maximum absolute atomic E-state index is 15.2. The number of para-hydroxylation sites is 1. The highest BCUT2D eigenvalue weighted by atomic mass is 16.1. The molecule has 1 aliphatic heterocycles. The van der Waals surface area contributed by atoms with Crippen molar-refractivity contribution in [1.82, 2.24) is 0 Å². The van der Waals surface area contributed by atoms with Gasteiger partial charge in [-0.3, -0.25) is 4.79 Å². The predicted molar refractivity (Wildman–Crippen MR) is 159 cm³/mol. The third kappa shape index (κ3) is 3.58. The molecule has 7 rings (SSSR count). The molecule has 2 atom stereocenters. The summed E-state index contributed by atoms with van der Waals surface area (Å²) in [6.45, 7) is 0. The van der Waals surface area contributed by atoms with E-state index in [9.17, 15) is 0 Å². The number of hydrazone groups is 1. The van der Waals surface area contributed by atoms with Gasteiger partial charge < -0.3 is 0 Å². The first-order valence-electron chi connectivity index (χ1n) is 13.2. The van der Waals surface area contributed by atoms with Gasteiger partial charge in [0.05, 0.1) is 17.3 Å². The number of rotatable bonds is 4. The molecule has 186 valence electrons. The molecule has 0 amide bonds. The van der Waals surface area contributed by atoms with Gasteiger partial charge in [0.2, 0.25) is 0 Å². The van der Waals surface area contributed by atoms with Crippen LogP contribution in [0, 0.1) is 0 Å². The molecule has 0 bridgehead atoms. The molecule has 39 heavy (non-hydrogen) atoms. The summed E-state index contributed by atoms with van der Waals surface area (Å²) in [6, 6.07) is 49.0. The van der Waals surface area contributed by atoms with Crippen LogP contribution in [-0.2, 0) is 10.3 Å². The lowest BCUT2D eigenvalue weighted by molar-refractivity contribution is -0.118. The SMILES string of the molecule is O=C1/C(=C/c2ccccc2)c2ccccc2[C@]12[C@H](c1ccccc1)C(c1ccccc1)=NN2c1ccccc1. The van der Waals surface area contributed by atoms with Crippen molar-refractivity contribution in [2.24, 2.45) is 5.10 Å². The van der Waals surface area contributed by atoms with E-state index in [-0.39, 0.29) is 11.7 Å². The summed E-state index contributed by atoms with van der Waals surface area (Å²) in [5.41, 5.74) is 6.40. The molecule has 2 aliphatic rings. The highest BCUT2D eigenvalue weighted by Crippen LogP contribution is 2.58. The molecule has 0 N–H and O–H groups in total. The molecule has 5 aromatic rings. The van der Waals surface area contributed by atoms with Crippen LogP contribution < -0.4 is 5.01 Å². The standard InChI is InChI=1S/C36H26N2O/c39-35-31(25-26-15-5-1-6-16-26)30-23-13-14-24-32(30)36(35)33(27-17-7-2-8-18-27)34(28-19-9-3-10-20-28)37-38(36)29-21-11-4-12-22-29/h1-25,33H/b31-25+/t33-,36+/m1/s1. The smallest absolute Gasteiger partial charge is 0.196 e. The van der Waals surface area contributed by atoms with E-state index >= 15 is 4.79 Å². The van der Waals surface area contributed by atoms with Gasteiger partial charge in [-0.05, 0) is 46.0 Å². The minimum atomic E-state index is -1.08. The lowest BCUT2D eigenvalue weighted by Crippen LogP contribution is -2.49. The van der Waals surface area contributed by atoms with E-state index in [0.717, 1.165) is 39.2 Å². The lowest BCUT2D eigenvalue weighted by atomic mass is 9.71. The van der Waals surface area contributed by atoms with Gasteiger partial charge in [0.25, 0.3) is 0 Å². The Morgan fingerprint density at radius 3 is 1.90 bits per heavy atom. The van der Waals surface area contributed by atoms with E-state index in [0.29, 0.717) is 5.57 Å². The van der Waals surface area contributed by atoms with Crippen LogP contribution in [0.25, 0.3) is 11.6 Å². The maximum Gasteiger partial charge on any atom is 0.196 e. The second-order valence-electron chi connectivity index (χ2n) is 9.95. The average Bonchev–Trinajstić information content (AvgIpc) is 3.49. The number of nitrogens with zero attached hydrogens (tertiary/aromatic N) is 2. The average molecular weight is 503 g/mol. The number of fused-ring (bicyclic) bond motifs is 2. The number of hydrogen-bond acceptors (Lipinski definition) is 3. The van der Waals surface area contributed by atoms with Crippen molar-refractivity contribution in [2.75, 3.05) is 5.01 Å². The number of Topliss-reactive ketones (excluding diaryl/α,β-unsaturated/α-hetero) is 1. The molecule has 0 aromatic heterocycles. The largest absolute Gasteiger partial charge is 0.291 e. The summed E-state index contributed by atoms with van der Waals surface area (Å²) in [4.78, 5) is 15.2. The quantitative estimate of drug-likeness (QED) is 0.236. The number of benzene rings is 5. The first kappa shape index (κ1) is 23.1. The minimum Gasteiger partial charge on any atom is -0.291 e. The Labute approximate surface area is 228 Å². The van der Waals surface area contributed by atoms with Crippen LogP contribution in [0.2, 0.25) is 0 Å². The number of hydrogen-bond donors (Lipinski definition) is 0. The topological polar surface area (TPSA) is 32.7 Å². The Bertz CT molecular complexity index is 1710. The Balaban J connectivity index is 1.56. The summed E-state index contributed by atoms with van der Waals surface area (Å²) in [5, 5.41) is 7.30. The molecule has 0 saturated heterocycles. The van der Waals surface area contributed by atoms with Gasteiger partial charge in [0.15, 0.2) is 11.3 Å². The molecule has 0 fully saturated rings. The van der Waals surface area contributed by atoms with Crippen molar-refractivity contribution in [3.8, 4) is 0 Å². The van der Waals surface area contributed by atoms with Crippen LogP contribution in [0.15, 0.2) is 151 Å². The van der Waals surface area contributed by atoms with E-state index in [2.05, 4.69) is 36.4 Å². The summed E-state index contributed by atoms with van der Waals surface area (Å²) in [7, 11) is 0. The first-order chi connectivity index (χ1) is 19.3. The van der Waals surface area contributed by atoms with Crippen molar-refractivity contribution in [3.05, 3.63) is 173 Å². The number of carbonyl (C=O) groups is 1. The Kier molecular flexibility index (Phi) is 5.56. The van der Waals surface area contributed by atoms with Crippen LogP contribution in [0.4, 0.5) is 5.69 Å². The fourth-order valence-corrected chi connectivity index (χ4v) is 6.13. The number of ketones is 1. The van der Waals surface area contributed by atoms with Gasteiger partial charge in [-0.15, -0.1) is 0 Å². The van der Waals surface area contributed by atoms with Gasteiger partial charge in [0.1, 0.15) is 0 Å². The van der Waals surface area contributed by atoms with Crippen LogP contribution in [0.3, 0.4) is 0 Å². The Morgan fingerprint density at radius 2 is 1.21 bits per heavy atom. The molecule has 5 aromatic carbocycles. The highest BCUT2D eigenvalue weighted by Gasteiger charge is 2.63. The van der Waals surface area contributed by atoms with Crippen molar-refractivity contribution in [1.29, 1.82) is 0 Å². The molecule has 0 unspecified atom stereocenters. The van der Waals surface area contributed by atoms with E-state index in [1.807, 2.05) is 120 Å². The number of carbonyl (C=O) groups excluding carboxylic acids is 1. The fourth-order valence-electron chi connectivity index (χ4n) is 6.13. The molecular formula is C36H26N2O. The zero-order valence-corrected chi connectivity index (χ0v) is 21.3. The van der Waals surface area contributed by atoms with Crippen LogP contribution in [0.5, 0.6) is 0 Å². The molecular weight excluding hydrogens is 476 g/mol. The third-order valence-electron chi connectivity index (χ3n) is 7.77. The van der Waals surface area contributed by atoms with Crippen LogP contribution in [0.1, 0.15) is 33.7 Å². The second-order valence-corrected chi connectivity index (χ2v) is 9.95. The Morgan fingerprint density at radius 1 is 0.641 bits per heavy atom. The molecule has 1 aliphatic carbocycles. The predicted octanol–water partition coefficient (Wildman–Crippen LogP) is 7.71. The van der Waals surface area contributed by atoms with E-state index in [4.69, 9.17) is 5.10 Å². The summed E-state index contributed by atoms with van der Waals surface area (Å²) < 4.78 is 0. The molecule has 0 radical (unpaired) electrons. The first-order valence-corrected chi connectivity index (χ1v) is 13.2. The van der Waals surface area contributed by atoms with Crippen molar-refractivity contribution in [3.63, 3.8) is 0 Å². The van der Waals surface area contributed by atoms with E-state index < -0.39 is 5.54 Å². The molecule has 1 spiro atoms. The summed E-state index contributed by atoms with van der Waals surface area (Å²) >= 11 is 0. The van der Waals surface area contributed by atoms with Gasteiger partial charge in [-0.1, -0.05) is 133 Å². The van der Waals surface area contributed by atoms with Crippen LogP contribution >= 0.6 is 0 Å². The van der Waals surface area contributed by atoms with Gasteiger partial charge >= 0.3 is 0 Å². The molecule has 0 saturated carbocycles. The fraction of sp³-hybridized carbons (Fsp3) is 0.0556. The van der Waals surface area contributed by atoms with Crippen molar-refractivity contribution < 1.29 is 4.79 Å². The monoisotopic (exact) mass is 502 g/mol. The zero-order chi connectivity index (χ0) is 26.2. The van der Waals surface area contributed by atoms with Gasteiger partial charge in [0, 0.05) is 5.57 Å². The molecule has 1 heterocycles.